The van der Waals surface area contributed by atoms with Crippen LogP contribution in [0.25, 0.3) is 0 Å². The van der Waals surface area contributed by atoms with E-state index in [9.17, 15) is 8.42 Å². The molecule has 2 fully saturated rings. The van der Waals surface area contributed by atoms with Crippen LogP contribution >= 0.6 is 0 Å². The number of hydrogen-bond acceptors (Lipinski definition) is 3. The zero-order valence-electron chi connectivity index (χ0n) is 14.4. The van der Waals surface area contributed by atoms with Crippen LogP contribution in [0, 0.1) is 5.41 Å². The summed E-state index contributed by atoms with van der Waals surface area (Å²) in [6.07, 6.45) is 5.33. The highest BCUT2D eigenvalue weighted by Crippen LogP contribution is 2.47. The zero-order valence-corrected chi connectivity index (χ0v) is 15.2. The van der Waals surface area contributed by atoms with E-state index >= 15 is 0 Å². The van der Waals surface area contributed by atoms with Crippen LogP contribution in [-0.4, -0.2) is 46.5 Å². The Morgan fingerprint density at radius 1 is 1.25 bits per heavy atom. The molecule has 0 radical (unpaired) electrons. The van der Waals surface area contributed by atoms with Gasteiger partial charge in [0.05, 0.1) is 4.90 Å². The third kappa shape index (κ3) is 3.42. The molecule has 1 aromatic carbocycles. The second-order valence-corrected chi connectivity index (χ2v) is 8.66. The van der Waals surface area contributed by atoms with Crippen molar-refractivity contribution in [3.8, 4) is 0 Å². The number of rotatable bonds is 4. The number of guanidine groups is 1. The average molecular weight is 350 g/mol. The van der Waals surface area contributed by atoms with E-state index in [1.807, 2.05) is 19.2 Å². The van der Waals surface area contributed by atoms with Crippen molar-refractivity contribution < 1.29 is 8.42 Å². The minimum Gasteiger partial charge on any atom is -0.352 e. The van der Waals surface area contributed by atoms with Gasteiger partial charge in [0.2, 0.25) is 10.0 Å². The molecule has 0 aromatic heterocycles. The third-order valence-electron chi connectivity index (χ3n) is 5.32. The molecule has 0 atom stereocenters. The number of likely N-dealkylation sites (tertiary alicyclic amines) is 1. The lowest BCUT2D eigenvalue weighted by atomic mass is 9.68. The minimum atomic E-state index is -3.38. The van der Waals surface area contributed by atoms with Gasteiger partial charge in [0.25, 0.3) is 0 Å². The summed E-state index contributed by atoms with van der Waals surface area (Å²) in [4.78, 5) is 7.03. The molecule has 1 saturated heterocycles. The molecule has 1 heterocycles. The van der Waals surface area contributed by atoms with E-state index < -0.39 is 10.0 Å². The Labute approximate surface area is 144 Å². The van der Waals surface area contributed by atoms with Gasteiger partial charge in [-0.25, -0.2) is 13.1 Å². The van der Waals surface area contributed by atoms with Crippen LogP contribution in [0.3, 0.4) is 0 Å². The van der Waals surface area contributed by atoms with Gasteiger partial charge in [0.15, 0.2) is 5.96 Å². The summed E-state index contributed by atoms with van der Waals surface area (Å²) in [5, 5.41) is 3.40. The quantitative estimate of drug-likeness (QED) is 0.638. The first-order chi connectivity index (χ1) is 11.5. The highest BCUT2D eigenvalue weighted by molar-refractivity contribution is 7.89. The van der Waals surface area contributed by atoms with Gasteiger partial charge in [-0.3, -0.25) is 4.99 Å². The maximum Gasteiger partial charge on any atom is 0.240 e. The van der Waals surface area contributed by atoms with Gasteiger partial charge in [-0.15, -0.1) is 0 Å². The highest BCUT2D eigenvalue weighted by atomic mass is 32.2. The molecule has 24 heavy (non-hydrogen) atoms. The lowest BCUT2D eigenvalue weighted by molar-refractivity contribution is 0.151. The molecule has 1 spiro atoms. The number of nitrogens with one attached hydrogen (secondary N) is 2. The Bertz CT molecular complexity index is 709. The number of sulfonamides is 1. The van der Waals surface area contributed by atoms with Crippen molar-refractivity contribution in [2.75, 3.05) is 27.2 Å². The Kier molecular flexibility index (Phi) is 4.83. The number of benzene rings is 1. The summed E-state index contributed by atoms with van der Waals surface area (Å²) < 4.78 is 25.8. The first kappa shape index (κ1) is 17.2. The van der Waals surface area contributed by atoms with Crippen LogP contribution < -0.4 is 10.0 Å². The maximum absolute atomic E-state index is 11.7. The average Bonchev–Trinajstić information content (AvgIpc) is 3.02. The van der Waals surface area contributed by atoms with Crippen LogP contribution in [0.15, 0.2) is 34.2 Å². The first-order valence-corrected chi connectivity index (χ1v) is 9.94. The SMILES string of the molecule is CN=C(NCc1ccc(S(=O)(=O)NC)cc1)N1CCC2(CCC2)C1. The van der Waals surface area contributed by atoms with E-state index in [2.05, 4.69) is 19.9 Å². The van der Waals surface area contributed by atoms with Crippen molar-refractivity contribution in [2.45, 2.75) is 37.1 Å². The third-order valence-corrected chi connectivity index (χ3v) is 6.75. The van der Waals surface area contributed by atoms with Gasteiger partial charge >= 0.3 is 0 Å². The van der Waals surface area contributed by atoms with Gasteiger partial charge in [0, 0.05) is 26.7 Å². The molecule has 0 amide bonds. The topological polar surface area (TPSA) is 73.8 Å². The fourth-order valence-corrected chi connectivity index (χ4v) is 4.35. The van der Waals surface area contributed by atoms with E-state index in [0.29, 0.717) is 12.0 Å². The molecular formula is C17H26N4O2S. The van der Waals surface area contributed by atoms with Crippen LogP contribution in [0.4, 0.5) is 0 Å². The lowest BCUT2D eigenvalue weighted by Gasteiger charge is -2.38. The Hall–Kier alpha value is -1.60. The van der Waals surface area contributed by atoms with Crippen molar-refractivity contribution in [2.24, 2.45) is 10.4 Å². The molecule has 6 nitrogen and oxygen atoms in total. The molecule has 1 aliphatic carbocycles. The Morgan fingerprint density at radius 3 is 2.46 bits per heavy atom. The summed E-state index contributed by atoms with van der Waals surface area (Å²) in [5.41, 5.74) is 1.57. The molecule has 1 saturated carbocycles. The van der Waals surface area contributed by atoms with Gasteiger partial charge < -0.3 is 10.2 Å². The monoisotopic (exact) mass is 350 g/mol. The highest BCUT2D eigenvalue weighted by Gasteiger charge is 2.43. The predicted molar refractivity (Wildman–Crippen MR) is 95.4 cm³/mol. The van der Waals surface area contributed by atoms with Crippen molar-refractivity contribution in [3.63, 3.8) is 0 Å². The normalized spacial score (nSPS) is 20.2. The van der Waals surface area contributed by atoms with Crippen LogP contribution in [0.2, 0.25) is 0 Å². The summed E-state index contributed by atoms with van der Waals surface area (Å²) >= 11 is 0. The molecule has 2 aliphatic rings. The van der Waals surface area contributed by atoms with E-state index in [4.69, 9.17) is 0 Å². The second kappa shape index (κ2) is 6.72. The van der Waals surface area contributed by atoms with Crippen LogP contribution in [0.1, 0.15) is 31.2 Å². The Balaban J connectivity index is 1.58. The van der Waals surface area contributed by atoms with E-state index in [-0.39, 0.29) is 4.90 Å². The van der Waals surface area contributed by atoms with Crippen LogP contribution in [-0.2, 0) is 16.6 Å². The standard InChI is InChI=1S/C17H26N4O2S/c1-18-16(21-11-10-17(13-21)8-3-9-17)20-12-14-4-6-15(7-5-14)24(22,23)19-2/h4-7,19H,3,8-13H2,1-2H3,(H,18,20). The molecule has 7 heteroatoms. The molecule has 1 aliphatic heterocycles. The fourth-order valence-electron chi connectivity index (χ4n) is 3.62. The molecule has 2 N–H and O–H groups in total. The van der Waals surface area contributed by atoms with Crippen molar-refractivity contribution in [1.82, 2.24) is 14.9 Å². The first-order valence-electron chi connectivity index (χ1n) is 8.46. The Morgan fingerprint density at radius 2 is 1.96 bits per heavy atom. The van der Waals surface area contributed by atoms with Gasteiger partial charge in [-0.05, 0) is 49.4 Å². The molecular weight excluding hydrogens is 324 g/mol. The minimum absolute atomic E-state index is 0.282. The van der Waals surface area contributed by atoms with Gasteiger partial charge in [0.1, 0.15) is 0 Å². The molecule has 3 rings (SSSR count). The summed E-state index contributed by atoms with van der Waals surface area (Å²) in [6.45, 7) is 2.81. The van der Waals surface area contributed by atoms with Gasteiger partial charge in [-0.1, -0.05) is 18.6 Å². The van der Waals surface area contributed by atoms with Gasteiger partial charge in [-0.2, -0.15) is 0 Å². The van der Waals surface area contributed by atoms with E-state index in [0.717, 1.165) is 24.6 Å². The summed E-state index contributed by atoms with van der Waals surface area (Å²) in [7, 11) is -0.143. The van der Waals surface area contributed by atoms with E-state index in [1.165, 1.54) is 32.7 Å². The largest absolute Gasteiger partial charge is 0.352 e. The fraction of sp³-hybridized carbons (Fsp3) is 0.588. The summed E-state index contributed by atoms with van der Waals surface area (Å²) in [6, 6.07) is 6.93. The van der Waals surface area contributed by atoms with Crippen molar-refractivity contribution in [3.05, 3.63) is 29.8 Å². The van der Waals surface area contributed by atoms with E-state index in [1.54, 1.807) is 12.1 Å². The number of hydrogen-bond donors (Lipinski definition) is 2. The summed E-state index contributed by atoms with van der Waals surface area (Å²) in [5.74, 6) is 0.936. The lowest BCUT2D eigenvalue weighted by Crippen LogP contribution is -2.42. The zero-order chi connectivity index (χ0) is 17.2. The molecule has 132 valence electrons. The maximum atomic E-state index is 11.7. The smallest absolute Gasteiger partial charge is 0.240 e. The molecule has 1 aromatic rings. The molecule has 0 unspecified atom stereocenters. The van der Waals surface area contributed by atoms with Crippen molar-refractivity contribution >= 4 is 16.0 Å². The number of nitrogens with zero attached hydrogens (tertiary/aromatic N) is 2. The van der Waals surface area contributed by atoms with Crippen LogP contribution in [0.5, 0.6) is 0 Å². The van der Waals surface area contributed by atoms with Crippen molar-refractivity contribution in [1.29, 1.82) is 0 Å². The second-order valence-electron chi connectivity index (χ2n) is 6.78. The number of aliphatic imine (C=N–C) groups is 1. The molecule has 0 bridgehead atoms. The predicted octanol–water partition coefficient (Wildman–Crippen LogP) is 1.55.